The van der Waals surface area contributed by atoms with Crippen molar-refractivity contribution in [2.75, 3.05) is 24.6 Å². The van der Waals surface area contributed by atoms with Crippen LogP contribution in [0.25, 0.3) is 6.08 Å². The van der Waals surface area contributed by atoms with Crippen molar-refractivity contribution in [3.8, 4) is 5.88 Å². The van der Waals surface area contributed by atoms with Crippen molar-refractivity contribution in [1.29, 1.82) is 0 Å². The number of carbonyl (C=O) groups is 1. The number of likely N-dealkylation sites (N-methyl/N-ethyl adjacent to an activating group) is 1. The molecule has 28 heavy (non-hydrogen) atoms. The van der Waals surface area contributed by atoms with Gasteiger partial charge in [0.05, 0.1) is 5.56 Å². The van der Waals surface area contributed by atoms with Crippen LogP contribution in [0.1, 0.15) is 30.5 Å². The molecule has 0 spiro atoms. The lowest BCUT2D eigenvalue weighted by molar-refractivity contribution is -0.131. The monoisotopic (exact) mass is 383 g/mol. The summed E-state index contributed by atoms with van der Waals surface area (Å²) < 4.78 is 6.08. The fourth-order valence-corrected chi connectivity index (χ4v) is 3.39. The predicted octanol–water partition coefficient (Wildman–Crippen LogP) is 1.95. The molecular weight excluding hydrogens is 358 g/mol. The topological polar surface area (TPSA) is 128 Å². The number of aromatic nitrogens is 2. The molecule has 0 unspecified atom stereocenters. The van der Waals surface area contributed by atoms with Gasteiger partial charge in [0, 0.05) is 25.6 Å². The van der Waals surface area contributed by atoms with Gasteiger partial charge in [-0.05, 0) is 30.7 Å². The highest BCUT2D eigenvalue weighted by molar-refractivity contribution is 5.85. The van der Waals surface area contributed by atoms with Gasteiger partial charge in [-0.15, -0.1) is 0 Å². The maximum Gasteiger partial charge on any atom is 0.328 e. The molecule has 0 bridgehead atoms. The van der Waals surface area contributed by atoms with Gasteiger partial charge in [-0.1, -0.05) is 31.2 Å². The fraction of sp³-hybridized carbons (Fsp3) is 0.350. The molecule has 0 fully saturated rings. The molecule has 0 amide bonds. The third-order valence-corrected chi connectivity index (χ3v) is 4.72. The number of hydrogen-bond donors (Lipinski definition) is 3. The summed E-state index contributed by atoms with van der Waals surface area (Å²) in [6.07, 6.45) is 3.33. The van der Waals surface area contributed by atoms with Gasteiger partial charge in [0.15, 0.2) is 0 Å². The SMILES string of the molecule is CCN(Cc1ccc(/C=C/C(=O)O)cc1)C[C@@]1(C)Cc2c(N)nc(N)nc2O1. The maximum absolute atomic E-state index is 10.6. The number of hydrogen-bond acceptors (Lipinski definition) is 7. The zero-order chi connectivity index (χ0) is 20.3. The molecule has 1 aliphatic rings. The highest BCUT2D eigenvalue weighted by atomic mass is 16.5. The van der Waals surface area contributed by atoms with Crippen LogP contribution < -0.4 is 16.2 Å². The Labute approximate surface area is 163 Å². The van der Waals surface area contributed by atoms with Crippen molar-refractivity contribution >= 4 is 23.8 Å². The lowest BCUT2D eigenvalue weighted by Crippen LogP contribution is -2.44. The van der Waals surface area contributed by atoms with Crippen LogP contribution in [0.3, 0.4) is 0 Å². The Balaban J connectivity index is 1.66. The molecule has 0 aliphatic carbocycles. The van der Waals surface area contributed by atoms with E-state index < -0.39 is 11.6 Å². The van der Waals surface area contributed by atoms with Crippen molar-refractivity contribution in [1.82, 2.24) is 14.9 Å². The van der Waals surface area contributed by atoms with Crippen molar-refractivity contribution in [3.05, 3.63) is 47.0 Å². The largest absolute Gasteiger partial charge is 0.478 e. The van der Waals surface area contributed by atoms with E-state index in [1.807, 2.05) is 31.2 Å². The fourth-order valence-electron chi connectivity index (χ4n) is 3.39. The number of ether oxygens (including phenoxy) is 1. The van der Waals surface area contributed by atoms with E-state index in [0.29, 0.717) is 24.7 Å². The van der Waals surface area contributed by atoms with Crippen molar-refractivity contribution < 1.29 is 14.6 Å². The van der Waals surface area contributed by atoms with E-state index in [4.69, 9.17) is 21.3 Å². The van der Waals surface area contributed by atoms with Crippen LogP contribution in [0.2, 0.25) is 0 Å². The third-order valence-electron chi connectivity index (χ3n) is 4.72. The molecule has 0 radical (unpaired) electrons. The molecule has 1 aromatic carbocycles. The average molecular weight is 383 g/mol. The minimum Gasteiger partial charge on any atom is -0.478 e. The Morgan fingerprint density at radius 2 is 2.04 bits per heavy atom. The molecule has 1 aliphatic heterocycles. The van der Waals surface area contributed by atoms with Crippen LogP contribution in [0.15, 0.2) is 30.3 Å². The summed E-state index contributed by atoms with van der Waals surface area (Å²) in [5.74, 6) is 0.00130. The molecular formula is C20H25N5O3. The van der Waals surface area contributed by atoms with E-state index in [9.17, 15) is 4.79 Å². The number of rotatable bonds is 7. The van der Waals surface area contributed by atoms with Crippen LogP contribution in [-0.2, 0) is 17.8 Å². The zero-order valence-corrected chi connectivity index (χ0v) is 16.1. The Hall–Kier alpha value is -3.13. The van der Waals surface area contributed by atoms with Gasteiger partial charge < -0.3 is 21.3 Å². The van der Waals surface area contributed by atoms with Crippen LogP contribution >= 0.6 is 0 Å². The number of nitrogens with zero attached hydrogens (tertiary/aromatic N) is 3. The molecule has 3 rings (SSSR count). The van der Waals surface area contributed by atoms with Crippen LogP contribution in [-0.4, -0.2) is 44.6 Å². The number of aliphatic carboxylic acids is 1. The highest BCUT2D eigenvalue weighted by Gasteiger charge is 2.39. The molecule has 0 saturated carbocycles. The molecule has 2 heterocycles. The average Bonchev–Trinajstić information content (AvgIpc) is 2.97. The molecule has 8 heteroatoms. The van der Waals surface area contributed by atoms with E-state index in [-0.39, 0.29) is 5.95 Å². The van der Waals surface area contributed by atoms with Gasteiger partial charge in [-0.2, -0.15) is 9.97 Å². The van der Waals surface area contributed by atoms with Crippen LogP contribution in [0, 0.1) is 0 Å². The lowest BCUT2D eigenvalue weighted by Gasteiger charge is -2.31. The summed E-state index contributed by atoms with van der Waals surface area (Å²) in [7, 11) is 0. The van der Waals surface area contributed by atoms with Gasteiger partial charge in [0.1, 0.15) is 11.4 Å². The second-order valence-electron chi connectivity index (χ2n) is 7.20. The zero-order valence-electron chi connectivity index (χ0n) is 16.1. The molecule has 1 aromatic heterocycles. The summed E-state index contributed by atoms with van der Waals surface area (Å²) in [5, 5.41) is 8.71. The Morgan fingerprint density at radius 3 is 2.68 bits per heavy atom. The Morgan fingerprint density at radius 1 is 1.32 bits per heavy atom. The number of anilines is 2. The number of nitrogen functional groups attached to an aromatic ring is 2. The van der Waals surface area contributed by atoms with E-state index in [0.717, 1.165) is 35.9 Å². The molecule has 2 aromatic rings. The predicted molar refractivity (Wildman–Crippen MR) is 108 cm³/mol. The summed E-state index contributed by atoms with van der Waals surface area (Å²) >= 11 is 0. The summed E-state index contributed by atoms with van der Waals surface area (Å²) in [6.45, 7) is 6.42. The minimum absolute atomic E-state index is 0.116. The summed E-state index contributed by atoms with van der Waals surface area (Å²) in [5.41, 5.74) is 14.0. The van der Waals surface area contributed by atoms with E-state index >= 15 is 0 Å². The van der Waals surface area contributed by atoms with Gasteiger partial charge >= 0.3 is 5.97 Å². The smallest absolute Gasteiger partial charge is 0.328 e. The van der Waals surface area contributed by atoms with Gasteiger partial charge in [-0.25, -0.2) is 4.79 Å². The van der Waals surface area contributed by atoms with Crippen LogP contribution in [0.4, 0.5) is 11.8 Å². The van der Waals surface area contributed by atoms with Gasteiger partial charge in [0.25, 0.3) is 0 Å². The minimum atomic E-state index is -0.959. The van der Waals surface area contributed by atoms with Crippen molar-refractivity contribution in [2.45, 2.75) is 32.4 Å². The highest BCUT2D eigenvalue weighted by Crippen LogP contribution is 2.37. The number of nitrogens with two attached hydrogens (primary N) is 2. The quantitative estimate of drug-likeness (QED) is 0.619. The molecule has 5 N–H and O–H groups in total. The van der Waals surface area contributed by atoms with Crippen molar-refractivity contribution in [2.24, 2.45) is 0 Å². The number of carboxylic acids is 1. The maximum atomic E-state index is 10.6. The van der Waals surface area contributed by atoms with E-state index in [2.05, 4.69) is 21.8 Å². The third kappa shape index (κ3) is 4.58. The Bertz CT molecular complexity index is 897. The summed E-state index contributed by atoms with van der Waals surface area (Å²) in [6, 6.07) is 7.82. The van der Waals surface area contributed by atoms with Gasteiger partial charge in [0.2, 0.25) is 11.8 Å². The first-order chi connectivity index (χ1) is 13.3. The lowest BCUT2D eigenvalue weighted by atomic mass is 9.99. The number of fused-ring (bicyclic) bond motifs is 1. The molecule has 0 saturated heterocycles. The van der Waals surface area contributed by atoms with Crippen molar-refractivity contribution in [3.63, 3.8) is 0 Å². The normalized spacial score (nSPS) is 18.4. The van der Waals surface area contributed by atoms with E-state index in [1.165, 1.54) is 0 Å². The molecule has 1 atom stereocenters. The van der Waals surface area contributed by atoms with E-state index in [1.54, 1.807) is 6.08 Å². The first-order valence-electron chi connectivity index (χ1n) is 9.11. The second-order valence-corrected chi connectivity index (χ2v) is 7.20. The van der Waals surface area contributed by atoms with Crippen LogP contribution in [0.5, 0.6) is 5.88 Å². The second kappa shape index (κ2) is 7.85. The first kappa shape index (κ1) is 19.6. The number of carboxylic acid groups (broad SMARTS) is 1. The summed E-state index contributed by atoms with van der Waals surface area (Å²) in [4.78, 5) is 21.1. The Kier molecular flexibility index (Phi) is 5.51. The van der Waals surface area contributed by atoms with Gasteiger partial charge in [-0.3, -0.25) is 4.90 Å². The standard InChI is InChI=1S/C20H25N5O3/c1-3-25(11-14-6-4-13(5-7-14)8-9-16(26)27)12-20(2)10-15-17(21)23-19(22)24-18(15)28-20/h4-9H,3,10-12H2,1-2H3,(H,26,27)(H4,21,22,23,24)/b9-8+/t20-/m1/s1. The molecule has 8 nitrogen and oxygen atoms in total. The first-order valence-corrected chi connectivity index (χ1v) is 9.11. The number of benzene rings is 1. The molecule has 148 valence electrons.